The Morgan fingerprint density at radius 2 is 1.64 bits per heavy atom. The molecule has 1 aliphatic rings. The zero-order valence-electron chi connectivity index (χ0n) is 18.3. The molecule has 3 aromatic carbocycles. The monoisotopic (exact) mass is 440 g/mol. The van der Waals surface area contributed by atoms with Crippen molar-refractivity contribution < 1.29 is 18.7 Å². The van der Waals surface area contributed by atoms with E-state index in [2.05, 4.69) is 5.32 Å². The molecule has 166 valence electrons. The molecule has 0 aliphatic carbocycles. The second kappa shape index (κ2) is 9.20. The van der Waals surface area contributed by atoms with E-state index in [0.717, 1.165) is 28.1 Å². The van der Waals surface area contributed by atoms with E-state index in [0.29, 0.717) is 23.8 Å². The van der Waals surface area contributed by atoms with Gasteiger partial charge in [0.15, 0.2) is 23.1 Å². The quantitative estimate of drug-likeness (QED) is 0.408. The Bertz CT molecular complexity index is 1190. The van der Waals surface area contributed by atoms with Crippen LogP contribution >= 0.6 is 0 Å². The minimum absolute atomic E-state index is 0.0686. The minimum atomic E-state index is -0.156. The molecule has 0 unspecified atom stereocenters. The van der Waals surface area contributed by atoms with Crippen molar-refractivity contribution in [3.8, 4) is 34.1 Å². The lowest BCUT2D eigenvalue weighted by molar-refractivity contribution is -0.121. The number of nitrogens with one attached hydrogen (secondary N) is 1. The van der Waals surface area contributed by atoms with E-state index in [-0.39, 0.29) is 25.2 Å². The number of aromatic nitrogens is 1. The van der Waals surface area contributed by atoms with E-state index >= 15 is 0 Å². The van der Waals surface area contributed by atoms with Crippen LogP contribution in [0.25, 0.3) is 22.6 Å². The van der Waals surface area contributed by atoms with Gasteiger partial charge in [0.05, 0.1) is 6.04 Å². The van der Waals surface area contributed by atoms with Gasteiger partial charge in [0.2, 0.25) is 12.7 Å². The molecule has 1 N–H and O–H groups in total. The van der Waals surface area contributed by atoms with E-state index in [1.54, 1.807) is 0 Å². The van der Waals surface area contributed by atoms with Crippen LogP contribution in [0.1, 0.15) is 30.8 Å². The lowest BCUT2D eigenvalue weighted by Gasteiger charge is -2.14. The van der Waals surface area contributed by atoms with Crippen molar-refractivity contribution in [1.29, 1.82) is 0 Å². The van der Waals surface area contributed by atoms with Gasteiger partial charge in [0.1, 0.15) is 5.69 Å². The van der Waals surface area contributed by atoms with Crippen molar-refractivity contribution in [1.82, 2.24) is 10.3 Å². The molecule has 0 radical (unpaired) electrons. The standard InChI is InChI=1S/C27H24N2O4/c1-18(21-12-13-22-23(16-21)32-17-31-22)28-24(30)14-15-25-29-26(19-8-4-2-5-9-19)27(33-25)20-10-6-3-7-11-20/h2-13,16,18H,14-15,17H2,1H3,(H,28,30)/t18-/m1/s1. The van der Waals surface area contributed by atoms with Crippen LogP contribution in [-0.4, -0.2) is 17.7 Å². The molecule has 2 heterocycles. The van der Waals surface area contributed by atoms with Gasteiger partial charge in [0.25, 0.3) is 0 Å². The molecule has 0 spiro atoms. The Kier molecular flexibility index (Phi) is 5.81. The fourth-order valence-electron chi connectivity index (χ4n) is 3.85. The van der Waals surface area contributed by atoms with Gasteiger partial charge in [0, 0.05) is 24.0 Å². The van der Waals surface area contributed by atoms with Crippen molar-refractivity contribution in [3.05, 3.63) is 90.3 Å². The van der Waals surface area contributed by atoms with Crippen LogP contribution in [0.15, 0.2) is 83.3 Å². The first-order valence-electron chi connectivity index (χ1n) is 11.0. The molecule has 0 bridgehead atoms. The zero-order valence-corrected chi connectivity index (χ0v) is 18.3. The van der Waals surface area contributed by atoms with Crippen LogP contribution in [-0.2, 0) is 11.2 Å². The van der Waals surface area contributed by atoms with Crippen LogP contribution < -0.4 is 14.8 Å². The highest BCUT2D eigenvalue weighted by Crippen LogP contribution is 2.35. The molecule has 1 aliphatic heterocycles. The fourth-order valence-corrected chi connectivity index (χ4v) is 3.85. The number of rotatable bonds is 7. The average molecular weight is 440 g/mol. The van der Waals surface area contributed by atoms with Gasteiger partial charge in [-0.05, 0) is 24.6 Å². The number of carbonyl (C=O) groups excluding carboxylic acids is 1. The smallest absolute Gasteiger partial charge is 0.231 e. The zero-order chi connectivity index (χ0) is 22.6. The molecular weight excluding hydrogens is 416 g/mol. The third-order valence-electron chi connectivity index (χ3n) is 5.59. The largest absolute Gasteiger partial charge is 0.454 e. The summed E-state index contributed by atoms with van der Waals surface area (Å²) in [7, 11) is 0. The number of fused-ring (bicyclic) bond motifs is 1. The van der Waals surface area contributed by atoms with Crippen LogP contribution in [0, 0.1) is 0 Å². The Morgan fingerprint density at radius 1 is 0.939 bits per heavy atom. The molecule has 33 heavy (non-hydrogen) atoms. The second-order valence-electron chi connectivity index (χ2n) is 7.92. The van der Waals surface area contributed by atoms with Crippen LogP contribution in [0.5, 0.6) is 11.5 Å². The predicted molar refractivity (Wildman–Crippen MR) is 125 cm³/mol. The number of carbonyl (C=O) groups is 1. The number of hydrogen-bond donors (Lipinski definition) is 1. The summed E-state index contributed by atoms with van der Waals surface area (Å²) >= 11 is 0. The van der Waals surface area contributed by atoms with Crippen LogP contribution in [0.4, 0.5) is 0 Å². The Labute approximate surface area is 192 Å². The van der Waals surface area contributed by atoms with Crippen molar-refractivity contribution in [2.24, 2.45) is 0 Å². The summed E-state index contributed by atoms with van der Waals surface area (Å²) in [5, 5.41) is 3.04. The SMILES string of the molecule is C[C@@H](NC(=O)CCc1nc(-c2ccccc2)c(-c2ccccc2)o1)c1ccc2c(c1)OCO2. The molecule has 0 fully saturated rings. The van der Waals surface area contributed by atoms with Gasteiger partial charge in [-0.15, -0.1) is 0 Å². The van der Waals surface area contributed by atoms with Crippen molar-refractivity contribution in [3.63, 3.8) is 0 Å². The normalized spacial score (nSPS) is 13.0. The van der Waals surface area contributed by atoms with E-state index in [9.17, 15) is 4.79 Å². The molecule has 1 atom stereocenters. The van der Waals surface area contributed by atoms with Gasteiger partial charge < -0.3 is 19.2 Å². The summed E-state index contributed by atoms with van der Waals surface area (Å²) in [6, 6.07) is 25.4. The van der Waals surface area contributed by atoms with E-state index < -0.39 is 0 Å². The molecular formula is C27H24N2O4. The third-order valence-corrected chi connectivity index (χ3v) is 5.59. The summed E-state index contributed by atoms with van der Waals surface area (Å²) < 4.78 is 16.9. The van der Waals surface area contributed by atoms with Gasteiger partial charge in [-0.2, -0.15) is 0 Å². The molecule has 0 saturated heterocycles. The van der Waals surface area contributed by atoms with E-state index in [4.69, 9.17) is 18.9 Å². The average Bonchev–Trinajstić information content (AvgIpc) is 3.50. The van der Waals surface area contributed by atoms with Gasteiger partial charge >= 0.3 is 0 Å². The summed E-state index contributed by atoms with van der Waals surface area (Å²) in [5.41, 5.74) is 3.68. The van der Waals surface area contributed by atoms with Crippen LogP contribution in [0.3, 0.4) is 0 Å². The highest BCUT2D eigenvalue weighted by Gasteiger charge is 2.19. The van der Waals surface area contributed by atoms with E-state index in [1.807, 2.05) is 85.8 Å². The number of hydrogen-bond acceptors (Lipinski definition) is 5. The number of nitrogens with zero attached hydrogens (tertiary/aromatic N) is 1. The predicted octanol–water partition coefficient (Wildman–Crippen LogP) is 5.55. The fraction of sp³-hybridized carbons (Fsp3) is 0.185. The van der Waals surface area contributed by atoms with Crippen molar-refractivity contribution in [2.75, 3.05) is 6.79 Å². The van der Waals surface area contributed by atoms with Crippen molar-refractivity contribution >= 4 is 5.91 Å². The molecule has 5 rings (SSSR count). The molecule has 1 amide bonds. The lowest BCUT2D eigenvalue weighted by Crippen LogP contribution is -2.26. The highest BCUT2D eigenvalue weighted by atomic mass is 16.7. The maximum absolute atomic E-state index is 12.6. The summed E-state index contributed by atoms with van der Waals surface area (Å²) in [4.78, 5) is 17.4. The number of amides is 1. The Balaban J connectivity index is 1.28. The Hall–Kier alpha value is -4.06. The van der Waals surface area contributed by atoms with Crippen molar-refractivity contribution in [2.45, 2.75) is 25.8 Å². The highest BCUT2D eigenvalue weighted by molar-refractivity contribution is 5.78. The number of aryl methyl sites for hydroxylation is 1. The van der Waals surface area contributed by atoms with Gasteiger partial charge in [-0.1, -0.05) is 66.7 Å². The molecule has 1 aromatic heterocycles. The number of benzene rings is 3. The minimum Gasteiger partial charge on any atom is -0.454 e. The lowest BCUT2D eigenvalue weighted by atomic mass is 10.1. The topological polar surface area (TPSA) is 73.6 Å². The number of ether oxygens (including phenoxy) is 2. The first-order valence-corrected chi connectivity index (χ1v) is 11.0. The van der Waals surface area contributed by atoms with Gasteiger partial charge in [-0.3, -0.25) is 4.79 Å². The molecule has 6 heteroatoms. The first kappa shape index (κ1) is 20.8. The third kappa shape index (κ3) is 4.60. The maximum Gasteiger partial charge on any atom is 0.231 e. The summed E-state index contributed by atoms with van der Waals surface area (Å²) in [5.74, 6) is 2.62. The van der Waals surface area contributed by atoms with Gasteiger partial charge in [-0.25, -0.2) is 4.98 Å². The maximum atomic E-state index is 12.6. The molecule has 6 nitrogen and oxygen atoms in total. The Morgan fingerprint density at radius 3 is 2.39 bits per heavy atom. The summed E-state index contributed by atoms with van der Waals surface area (Å²) in [6.07, 6.45) is 0.685. The molecule has 4 aromatic rings. The molecule has 0 saturated carbocycles. The first-order chi connectivity index (χ1) is 16.2. The number of oxazole rings is 1. The van der Waals surface area contributed by atoms with E-state index in [1.165, 1.54) is 0 Å². The van der Waals surface area contributed by atoms with Crippen LogP contribution in [0.2, 0.25) is 0 Å². The summed E-state index contributed by atoms with van der Waals surface area (Å²) in [6.45, 7) is 2.17. The second-order valence-corrected chi connectivity index (χ2v) is 7.92.